The van der Waals surface area contributed by atoms with Crippen LogP contribution >= 0.6 is 0 Å². The van der Waals surface area contributed by atoms with E-state index in [1.54, 1.807) is 0 Å². The fraction of sp³-hybridized carbons (Fsp3) is 0.900. The zero-order valence-electron chi connectivity index (χ0n) is 8.54. The summed E-state index contributed by atoms with van der Waals surface area (Å²) in [5.41, 5.74) is 0. The zero-order chi connectivity index (χ0) is 9.52. The van der Waals surface area contributed by atoms with Gasteiger partial charge in [-0.15, -0.1) is 0 Å². The second-order valence-corrected chi connectivity index (χ2v) is 3.81. The number of nitrogens with zero attached hydrogens (tertiary/aromatic N) is 2. The van der Waals surface area contributed by atoms with E-state index in [0.29, 0.717) is 6.42 Å². The molecule has 0 saturated carbocycles. The Labute approximate surface area is 80.7 Å². The van der Waals surface area contributed by atoms with Crippen molar-refractivity contribution in [1.82, 2.24) is 9.80 Å². The molecule has 13 heavy (non-hydrogen) atoms. The molecule has 1 aliphatic heterocycles. The van der Waals surface area contributed by atoms with Crippen molar-refractivity contribution in [2.24, 2.45) is 0 Å². The van der Waals surface area contributed by atoms with Gasteiger partial charge in [0.25, 0.3) is 0 Å². The monoisotopic (exact) mass is 184 g/mol. The molecular weight excluding hydrogens is 164 g/mol. The van der Waals surface area contributed by atoms with Crippen LogP contribution in [0.25, 0.3) is 0 Å². The minimum atomic E-state index is 0.663. The smallest absolute Gasteiger partial charge is 0.121 e. The molecule has 1 aliphatic rings. The highest BCUT2D eigenvalue weighted by molar-refractivity contribution is 5.49. The summed E-state index contributed by atoms with van der Waals surface area (Å²) in [5.74, 6) is 0. The van der Waals surface area contributed by atoms with E-state index in [2.05, 4.69) is 16.8 Å². The number of hydrogen-bond acceptors (Lipinski definition) is 3. The van der Waals surface area contributed by atoms with Crippen molar-refractivity contribution in [1.29, 1.82) is 0 Å². The first kappa shape index (κ1) is 10.7. The van der Waals surface area contributed by atoms with Gasteiger partial charge in [0.15, 0.2) is 0 Å². The van der Waals surface area contributed by atoms with E-state index in [9.17, 15) is 4.79 Å². The molecule has 0 aliphatic carbocycles. The topological polar surface area (TPSA) is 23.6 Å². The lowest BCUT2D eigenvalue weighted by Crippen LogP contribution is -2.32. The molecule has 1 rings (SSSR count). The molecule has 3 nitrogen and oxygen atoms in total. The van der Waals surface area contributed by atoms with Crippen LogP contribution in [-0.2, 0) is 4.79 Å². The molecule has 0 bridgehead atoms. The Bertz CT molecular complexity index is 144. The average Bonchev–Trinajstić information content (AvgIpc) is 2.64. The molecule has 0 N–H and O–H groups in total. The number of carbonyl (C=O) groups is 1. The summed E-state index contributed by atoms with van der Waals surface area (Å²) in [4.78, 5) is 14.9. The quantitative estimate of drug-likeness (QED) is 0.565. The Morgan fingerprint density at radius 3 is 2.62 bits per heavy atom. The first-order chi connectivity index (χ1) is 6.33. The van der Waals surface area contributed by atoms with Gasteiger partial charge in [0.1, 0.15) is 6.29 Å². The molecule has 0 aromatic carbocycles. The number of aldehydes is 1. The largest absolute Gasteiger partial charge is 0.305 e. The van der Waals surface area contributed by atoms with E-state index in [0.717, 1.165) is 25.9 Å². The number of likely N-dealkylation sites (tertiary alicyclic amines) is 1. The lowest BCUT2D eigenvalue weighted by molar-refractivity contribution is -0.108. The fourth-order valence-corrected chi connectivity index (χ4v) is 1.70. The van der Waals surface area contributed by atoms with E-state index < -0.39 is 0 Å². The average molecular weight is 184 g/mol. The molecular formula is C10H20N2O. The van der Waals surface area contributed by atoms with Crippen molar-refractivity contribution >= 4 is 6.29 Å². The standard InChI is InChI=1S/C10H20N2O/c1-11(5-4-10-13)8-9-12-6-2-3-7-12/h10H,2-9H2,1H3. The third kappa shape index (κ3) is 4.39. The predicted octanol–water partition coefficient (Wildman–Crippen LogP) is 0.603. The van der Waals surface area contributed by atoms with Gasteiger partial charge in [-0.3, -0.25) is 0 Å². The normalized spacial score (nSPS) is 18.3. The van der Waals surface area contributed by atoms with E-state index >= 15 is 0 Å². The maximum atomic E-state index is 10.1. The first-order valence-electron chi connectivity index (χ1n) is 5.17. The van der Waals surface area contributed by atoms with Gasteiger partial charge in [-0.1, -0.05) is 0 Å². The van der Waals surface area contributed by atoms with Gasteiger partial charge in [-0.05, 0) is 33.0 Å². The van der Waals surface area contributed by atoms with Crippen LogP contribution in [0.15, 0.2) is 0 Å². The van der Waals surface area contributed by atoms with Crippen LogP contribution in [0.4, 0.5) is 0 Å². The Hall–Kier alpha value is -0.410. The maximum Gasteiger partial charge on any atom is 0.121 e. The maximum absolute atomic E-state index is 10.1. The summed E-state index contributed by atoms with van der Waals surface area (Å²) in [5, 5.41) is 0. The van der Waals surface area contributed by atoms with Crippen molar-refractivity contribution in [3.8, 4) is 0 Å². The van der Waals surface area contributed by atoms with Crippen LogP contribution in [0.3, 0.4) is 0 Å². The first-order valence-corrected chi connectivity index (χ1v) is 5.17. The minimum absolute atomic E-state index is 0.663. The molecule has 0 unspecified atom stereocenters. The Morgan fingerprint density at radius 2 is 2.00 bits per heavy atom. The van der Waals surface area contributed by atoms with Gasteiger partial charge in [0.05, 0.1) is 0 Å². The van der Waals surface area contributed by atoms with E-state index in [1.807, 2.05) is 0 Å². The molecule has 0 amide bonds. The molecule has 0 atom stereocenters. The van der Waals surface area contributed by atoms with E-state index in [4.69, 9.17) is 0 Å². The van der Waals surface area contributed by atoms with Gasteiger partial charge in [0.2, 0.25) is 0 Å². The van der Waals surface area contributed by atoms with E-state index in [1.165, 1.54) is 25.9 Å². The molecule has 1 fully saturated rings. The Morgan fingerprint density at radius 1 is 1.31 bits per heavy atom. The highest BCUT2D eigenvalue weighted by Crippen LogP contribution is 2.06. The highest BCUT2D eigenvalue weighted by atomic mass is 16.1. The minimum Gasteiger partial charge on any atom is -0.305 e. The summed E-state index contributed by atoms with van der Waals surface area (Å²) in [6.07, 6.45) is 4.37. The predicted molar refractivity (Wildman–Crippen MR) is 53.9 cm³/mol. The Balaban J connectivity index is 1.99. The molecule has 0 spiro atoms. The van der Waals surface area contributed by atoms with Gasteiger partial charge in [-0.25, -0.2) is 0 Å². The molecule has 76 valence electrons. The van der Waals surface area contributed by atoms with Crippen LogP contribution in [0.2, 0.25) is 0 Å². The zero-order valence-corrected chi connectivity index (χ0v) is 8.54. The van der Waals surface area contributed by atoms with Crippen molar-refractivity contribution < 1.29 is 4.79 Å². The van der Waals surface area contributed by atoms with Gasteiger partial charge in [0, 0.05) is 26.1 Å². The summed E-state index contributed by atoms with van der Waals surface area (Å²) in [6, 6.07) is 0. The Kier molecular flexibility index (Phi) is 5.01. The number of carbonyl (C=O) groups excluding carboxylic acids is 1. The lowest BCUT2D eigenvalue weighted by Gasteiger charge is -2.20. The molecule has 0 aromatic heterocycles. The van der Waals surface area contributed by atoms with Gasteiger partial charge in [-0.2, -0.15) is 0 Å². The number of rotatable bonds is 6. The summed E-state index contributed by atoms with van der Waals surface area (Å²) >= 11 is 0. The third-order valence-corrected chi connectivity index (χ3v) is 2.63. The lowest BCUT2D eigenvalue weighted by atomic mass is 10.4. The third-order valence-electron chi connectivity index (χ3n) is 2.63. The molecule has 1 heterocycles. The molecule has 3 heteroatoms. The summed E-state index contributed by atoms with van der Waals surface area (Å²) in [7, 11) is 2.08. The second kappa shape index (κ2) is 6.11. The summed E-state index contributed by atoms with van der Waals surface area (Å²) < 4.78 is 0. The SMILES string of the molecule is CN(CCC=O)CCN1CCCC1. The van der Waals surface area contributed by atoms with Crippen molar-refractivity contribution in [3.63, 3.8) is 0 Å². The fourth-order valence-electron chi connectivity index (χ4n) is 1.70. The highest BCUT2D eigenvalue weighted by Gasteiger charge is 2.11. The number of likely N-dealkylation sites (N-methyl/N-ethyl adjacent to an activating group) is 1. The molecule has 1 saturated heterocycles. The second-order valence-electron chi connectivity index (χ2n) is 3.81. The molecule has 0 aromatic rings. The van der Waals surface area contributed by atoms with Crippen LogP contribution in [0.1, 0.15) is 19.3 Å². The van der Waals surface area contributed by atoms with E-state index in [-0.39, 0.29) is 0 Å². The number of hydrogen-bond donors (Lipinski definition) is 0. The van der Waals surface area contributed by atoms with Crippen molar-refractivity contribution in [2.75, 3.05) is 39.8 Å². The van der Waals surface area contributed by atoms with Crippen LogP contribution in [-0.4, -0.2) is 55.9 Å². The van der Waals surface area contributed by atoms with Crippen molar-refractivity contribution in [2.45, 2.75) is 19.3 Å². The van der Waals surface area contributed by atoms with Crippen LogP contribution < -0.4 is 0 Å². The van der Waals surface area contributed by atoms with Gasteiger partial charge >= 0.3 is 0 Å². The molecule has 0 radical (unpaired) electrons. The summed E-state index contributed by atoms with van der Waals surface area (Å²) in [6.45, 7) is 5.68. The van der Waals surface area contributed by atoms with Crippen LogP contribution in [0.5, 0.6) is 0 Å². The van der Waals surface area contributed by atoms with Crippen LogP contribution in [0, 0.1) is 0 Å². The van der Waals surface area contributed by atoms with Crippen molar-refractivity contribution in [3.05, 3.63) is 0 Å². The van der Waals surface area contributed by atoms with Gasteiger partial charge < -0.3 is 14.6 Å².